The van der Waals surface area contributed by atoms with E-state index < -0.39 is 17.8 Å². The van der Waals surface area contributed by atoms with Gasteiger partial charge in [-0.3, -0.25) is 0 Å². The van der Waals surface area contributed by atoms with Gasteiger partial charge >= 0.3 is 6.18 Å². The van der Waals surface area contributed by atoms with Crippen molar-refractivity contribution in [3.63, 3.8) is 0 Å². The molecule has 1 aliphatic rings. The third-order valence-corrected chi connectivity index (χ3v) is 4.50. The zero-order valence-corrected chi connectivity index (χ0v) is 13.1. The van der Waals surface area contributed by atoms with E-state index in [9.17, 15) is 13.2 Å². The number of hydrazine groups is 1. The molecule has 1 heterocycles. The molecule has 0 amide bonds. The molecule has 9 heteroatoms. The Bertz CT molecular complexity index is 567. The van der Waals surface area contributed by atoms with Gasteiger partial charge in [0.25, 0.3) is 0 Å². The van der Waals surface area contributed by atoms with Crippen molar-refractivity contribution in [2.75, 3.05) is 5.32 Å². The highest BCUT2D eigenvalue weighted by Crippen LogP contribution is 2.32. The van der Waals surface area contributed by atoms with Gasteiger partial charge in [-0.05, 0) is 31.5 Å². The van der Waals surface area contributed by atoms with Crippen LogP contribution in [0.4, 0.5) is 18.9 Å². The molecular formula is C12H12Cl2F3N3S. The van der Waals surface area contributed by atoms with Crippen LogP contribution in [0.5, 0.6) is 0 Å². The van der Waals surface area contributed by atoms with E-state index in [1.54, 1.807) is 25.1 Å². The lowest BCUT2D eigenvalue weighted by molar-refractivity contribution is -0.153. The molecule has 2 atom stereocenters. The minimum atomic E-state index is -4.33. The summed E-state index contributed by atoms with van der Waals surface area (Å²) in [7, 11) is 0. The highest BCUT2D eigenvalue weighted by atomic mass is 35.5. The van der Waals surface area contributed by atoms with Crippen molar-refractivity contribution in [2.24, 2.45) is 0 Å². The molecule has 1 saturated heterocycles. The van der Waals surface area contributed by atoms with Gasteiger partial charge in [-0.25, -0.2) is 10.9 Å². The Hall–Kier alpha value is -0.600. The maximum Gasteiger partial charge on any atom is 0.405 e. The average molecular weight is 358 g/mol. The Balaban J connectivity index is 2.08. The van der Waals surface area contributed by atoms with Crippen molar-refractivity contribution in [3.8, 4) is 0 Å². The van der Waals surface area contributed by atoms with Crippen LogP contribution in [0.1, 0.15) is 13.3 Å². The first-order valence-electron chi connectivity index (χ1n) is 5.98. The summed E-state index contributed by atoms with van der Waals surface area (Å²) in [6, 6.07) is 3.14. The standard InChI is InChI=1S/C12H12Cl2F3N3S/c1-11(5-9(19-20-11)12(15,16)17)10(21)18-6-2-3-7(13)8(14)4-6/h2-4,9,19-20H,5H2,1H3,(H,18,21). The van der Waals surface area contributed by atoms with Gasteiger partial charge in [0.05, 0.1) is 15.6 Å². The third kappa shape index (κ3) is 3.78. The first-order chi connectivity index (χ1) is 9.62. The number of thiocarbonyl (C=S) groups is 1. The number of nitrogens with one attached hydrogen (secondary N) is 3. The Morgan fingerprint density at radius 1 is 1.38 bits per heavy atom. The number of hydrogen-bond acceptors (Lipinski definition) is 3. The lowest BCUT2D eigenvalue weighted by Crippen LogP contribution is -2.50. The Kier molecular flexibility index (Phi) is 4.70. The van der Waals surface area contributed by atoms with Crippen molar-refractivity contribution in [3.05, 3.63) is 28.2 Å². The molecule has 1 aromatic rings. The van der Waals surface area contributed by atoms with Crippen LogP contribution in [0.25, 0.3) is 0 Å². The third-order valence-electron chi connectivity index (χ3n) is 3.21. The number of rotatable bonds is 2. The summed E-state index contributed by atoms with van der Waals surface area (Å²) >= 11 is 16.9. The number of alkyl halides is 3. The molecule has 3 nitrogen and oxygen atoms in total. The van der Waals surface area contributed by atoms with Gasteiger partial charge in [0, 0.05) is 5.69 Å². The van der Waals surface area contributed by atoms with Crippen LogP contribution in [0.15, 0.2) is 18.2 Å². The fraction of sp³-hybridized carbons (Fsp3) is 0.417. The fourth-order valence-corrected chi connectivity index (χ4v) is 2.50. The summed E-state index contributed by atoms with van der Waals surface area (Å²) in [5, 5.41) is 3.60. The molecule has 1 aliphatic heterocycles. The Morgan fingerprint density at radius 2 is 2.05 bits per heavy atom. The minimum Gasteiger partial charge on any atom is -0.348 e. The van der Waals surface area contributed by atoms with Gasteiger partial charge < -0.3 is 5.32 Å². The molecule has 21 heavy (non-hydrogen) atoms. The van der Waals surface area contributed by atoms with E-state index >= 15 is 0 Å². The number of hydrogen-bond donors (Lipinski definition) is 3. The van der Waals surface area contributed by atoms with Crippen molar-refractivity contribution < 1.29 is 13.2 Å². The summed E-state index contributed by atoms with van der Waals surface area (Å²) in [4.78, 5) is 0.236. The van der Waals surface area contributed by atoms with E-state index in [0.717, 1.165) is 0 Å². The first-order valence-corrected chi connectivity index (χ1v) is 7.14. The molecule has 3 N–H and O–H groups in total. The monoisotopic (exact) mass is 357 g/mol. The predicted molar refractivity (Wildman–Crippen MR) is 81.8 cm³/mol. The van der Waals surface area contributed by atoms with Crippen LogP contribution < -0.4 is 16.2 Å². The van der Waals surface area contributed by atoms with Gasteiger partial charge in [0.15, 0.2) is 0 Å². The number of benzene rings is 1. The molecule has 1 fully saturated rings. The largest absolute Gasteiger partial charge is 0.405 e. The summed E-state index contributed by atoms with van der Waals surface area (Å²) in [5.74, 6) is 0. The van der Waals surface area contributed by atoms with Crippen LogP contribution in [-0.2, 0) is 0 Å². The van der Waals surface area contributed by atoms with Crippen molar-refractivity contribution in [1.82, 2.24) is 10.9 Å². The molecule has 0 aliphatic carbocycles. The molecule has 0 radical (unpaired) electrons. The normalized spacial score (nSPS) is 25.9. The fourth-order valence-electron chi connectivity index (χ4n) is 1.95. The predicted octanol–water partition coefficient (Wildman–Crippen LogP) is 3.92. The highest BCUT2D eigenvalue weighted by molar-refractivity contribution is 7.80. The second kappa shape index (κ2) is 5.89. The van der Waals surface area contributed by atoms with Gasteiger partial charge in [0.2, 0.25) is 0 Å². The van der Waals surface area contributed by atoms with Crippen LogP contribution >= 0.6 is 35.4 Å². The highest BCUT2D eigenvalue weighted by Gasteiger charge is 2.50. The second-order valence-electron chi connectivity index (χ2n) is 4.98. The maximum absolute atomic E-state index is 12.7. The molecular weight excluding hydrogens is 346 g/mol. The zero-order chi connectivity index (χ0) is 15.8. The summed E-state index contributed by atoms with van der Waals surface area (Å²) in [5.41, 5.74) is 4.38. The number of anilines is 1. The molecule has 116 valence electrons. The van der Waals surface area contributed by atoms with E-state index in [-0.39, 0.29) is 11.4 Å². The van der Waals surface area contributed by atoms with Gasteiger partial charge in [-0.1, -0.05) is 35.4 Å². The molecule has 0 spiro atoms. The molecule has 0 bridgehead atoms. The summed E-state index contributed by atoms with van der Waals surface area (Å²) in [6.07, 6.45) is -4.53. The molecule has 1 aromatic carbocycles. The van der Waals surface area contributed by atoms with E-state index in [1.807, 2.05) is 0 Å². The smallest absolute Gasteiger partial charge is 0.348 e. The maximum atomic E-state index is 12.7. The SMILES string of the molecule is CC1(C(=S)Nc2ccc(Cl)c(Cl)c2)CC(C(F)(F)F)NN1. The van der Waals surface area contributed by atoms with Gasteiger partial charge in [-0.2, -0.15) is 13.2 Å². The molecule has 0 aromatic heterocycles. The van der Waals surface area contributed by atoms with Crippen LogP contribution in [0.2, 0.25) is 10.0 Å². The van der Waals surface area contributed by atoms with E-state index in [4.69, 9.17) is 35.4 Å². The second-order valence-corrected chi connectivity index (χ2v) is 6.21. The zero-order valence-electron chi connectivity index (χ0n) is 10.8. The Morgan fingerprint density at radius 3 is 2.57 bits per heavy atom. The van der Waals surface area contributed by atoms with Crippen LogP contribution in [0, 0.1) is 0 Å². The summed E-state index contributed by atoms with van der Waals surface area (Å²) in [6.45, 7) is 1.60. The van der Waals surface area contributed by atoms with Crippen LogP contribution in [-0.4, -0.2) is 22.7 Å². The Labute approximate surface area is 135 Å². The quantitative estimate of drug-likeness (QED) is 0.701. The summed E-state index contributed by atoms with van der Waals surface area (Å²) < 4.78 is 38.1. The van der Waals surface area contributed by atoms with Crippen molar-refractivity contribution in [1.29, 1.82) is 0 Å². The van der Waals surface area contributed by atoms with E-state index in [2.05, 4.69) is 16.2 Å². The molecule has 2 unspecified atom stereocenters. The van der Waals surface area contributed by atoms with E-state index in [1.165, 1.54) is 0 Å². The van der Waals surface area contributed by atoms with Crippen molar-refractivity contribution in [2.45, 2.75) is 31.1 Å². The van der Waals surface area contributed by atoms with Gasteiger partial charge in [0.1, 0.15) is 11.0 Å². The van der Waals surface area contributed by atoms with Gasteiger partial charge in [-0.15, -0.1) is 0 Å². The molecule has 2 rings (SSSR count). The average Bonchev–Trinajstić information content (AvgIpc) is 2.78. The topological polar surface area (TPSA) is 36.1 Å². The lowest BCUT2D eigenvalue weighted by atomic mass is 9.95. The van der Waals surface area contributed by atoms with E-state index in [0.29, 0.717) is 15.7 Å². The first kappa shape index (κ1) is 16.8. The van der Waals surface area contributed by atoms with Crippen LogP contribution in [0.3, 0.4) is 0 Å². The van der Waals surface area contributed by atoms with Crippen molar-refractivity contribution >= 4 is 46.1 Å². The molecule has 0 saturated carbocycles. The lowest BCUT2D eigenvalue weighted by Gasteiger charge is -2.25. The number of halogens is 5. The minimum absolute atomic E-state index is 0.205.